The van der Waals surface area contributed by atoms with Crippen LogP contribution in [0.1, 0.15) is 13.8 Å². The van der Waals surface area contributed by atoms with Gasteiger partial charge in [0.25, 0.3) is 0 Å². The number of carbonyl (C=O) groups excluding carboxylic acids is 2. The number of nitrogens with one attached hydrogen (secondary N) is 2. The van der Waals surface area contributed by atoms with Crippen molar-refractivity contribution in [2.75, 3.05) is 41.7 Å². The molecule has 0 saturated carbocycles. The van der Waals surface area contributed by atoms with Gasteiger partial charge in [-0.25, -0.2) is 4.39 Å². The lowest BCUT2D eigenvalue weighted by Crippen LogP contribution is -2.52. The molecule has 6 nitrogen and oxygen atoms in total. The molecule has 0 radical (unpaired) electrons. The summed E-state index contributed by atoms with van der Waals surface area (Å²) in [6.45, 7) is 6.39. The van der Waals surface area contributed by atoms with E-state index in [1.54, 1.807) is 36.4 Å². The normalized spacial score (nSPS) is 15.8. The maximum absolute atomic E-state index is 13.1. The molecular formula is C21H25FN4O2. The van der Waals surface area contributed by atoms with Gasteiger partial charge in [0.05, 0.1) is 6.04 Å². The number of hydrogen-bond donors (Lipinski definition) is 2. The number of carbonyl (C=O) groups is 2. The number of benzene rings is 2. The molecule has 1 aliphatic heterocycles. The summed E-state index contributed by atoms with van der Waals surface area (Å²) < 4.78 is 13.1. The molecular weight excluding hydrogens is 359 g/mol. The summed E-state index contributed by atoms with van der Waals surface area (Å²) in [5, 5.41) is 5.62. The molecule has 3 rings (SSSR count). The Hall–Kier alpha value is -2.93. The topological polar surface area (TPSA) is 64.7 Å². The van der Waals surface area contributed by atoms with E-state index < -0.39 is 0 Å². The molecule has 28 heavy (non-hydrogen) atoms. The first-order valence-electron chi connectivity index (χ1n) is 9.35. The van der Waals surface area contributed by atoms with Crippen molar-refractivity contribution < 1.29 is 14.0 Å². The van der Waals surface area contributed by atoms with Crippen molar-refractivity contribution in [2.24, 2.45) is 0 Å². The van der Waals surface area contributed by atoms with Gasteiger partial charge in [-0.15, -0.1) is 0 Å². The van der Waals surface area contributed by atoms with Crippen molar-refractivity contribution in [1.29, 1.82) is 0 Å². The average molecular weight is 384 g/mol. The number of amides is 2. The fraction of sp³-hybridized carbons (Fsp3) is 0.333. The molecule has 148 valence electrons. The predicted molar refractivity (Wildman–Crippen MR) is 109 cm³/mol. The summed E-state index contributed by atoms with van der Waals surface area (Å²) in [6, 6.07) is 13.3. The largest absolute Gasteiger partial charge is 0.369 e. The Morgan fingerprint density at radius 2 is 1.57 bits per heavy atom. The van der Waals surface area contributed by atoms with Gasteiger partial charge >= 0.3 is 0 Å². The van der Waals surface area contributed by atoms with Crippen LogP contribution < -0.4 is 15.5 Å². The number of anilines is 3. The summed E-state index contributed by atoms with van der Waals surface area (Å²) >= 11 is 0. The van der Waals surface area contributed by atoms with E-state index in [0.717, 1.165) is 31.9 Å². The zero-order valence-corrected chi connectivity index (χ0v) is 16.1. The molecule has 1 fully saturated rings. The Labute approximate surface area is 164 Å². The molecule has 1 saturated heterocycles. The van der Waals surface area contributed by atoms with Crippen molar-refractivity contribution in [2.45, 2.75) is 19.9 Å². The van der Waals surface area contributed by atoms with Crippen LogP contribution in [0.15, 0.2) is 48.5 Å². The number of piperazine rings is 1. The van der Waals surface area contributed by atoms with Gasteiger partial charge in [-0.2, -0.15) is 0 Å². The number of halogens is 1. The third kappa shape index (κ3) is 5.07. The van der Waals surface area contributed by atoms with Gasteiger partial charge in [0.1, 0.15) is 5.82 Å². The van der Waals surface area contributed by atoms with E-state index in [9.17, 15) is 14.0 Å². The minimum Gasteiger partial charge on any atom is -0.369 e. The van der Waals surface area contributed by atoms with Crippen LogP contribution in [0.5, 0.6) is 0 Å². The molecule has 0 aliphatic carbocycles. The molecule has 0 aromatic heterocycles. The lowest BCUT2D eigenvalue weighted by Gasteiger charge is -2.38. The van der Waals surface area contributed by atoms with Crippen LogP contribution in [-0.4, -0.2) is 48.9 Å². The second kappa shape index (κ2) is 8.84. The Balaban J connectivity index is 1.54. The minimum absolute atomic E-state index is 0.0878. The standard InChI is InChI=1S/C21H25FN4O2/c1-15(21(28)24-19-5-3-4-18(14-19)23-16(2)27)25-10-12-26(13-11-25)20-8-6-17(22)7-9-20/h3-9,14-15H,10-13H2,1-2H3,(H,23,27)(H,24,28). The molecule has 1 heterocycles. The molecule has 1 atom stereocenters. The smallest absolute Gasteiger partial charge is 0.241 e. The highest BCUT2D eigenvalue weighted by Crippen LogP contribution is 2.19. The van der Waals surface area contributed by atoms with E-state index in [1.807, 2.05) is 6.92 Å². The zero-order chi connectivity index (χ0) is 20.1. The van der Waals surface area contributed by atoms with E-state index in [-0.39, 0.29) is 23.7 Å². The predicted octanol–water partition coefficient (Wildman–Crippen LogP) is 2.93. The Bertz CT molecular complexity index is 833. The van der Waals surface area contributed by atoms with Gasteiger partial charge in [0, 0.05) is 50.2 Å². The number of nitrogens with zero attached hydrogens (tertiary/aromatic N) is 2. The van der Waals surface area contributed by atoms with E-state index in [1.165, 1.54) is 19.1 Å². The van der Waals surface area contributed by atoms with Gasteiger partial charge in [-0.1, -0.05) is 6.07 Å². The van der Waals surface area contributed by atoms with Gasteiger partial charge in [0.15, 0.2) is 0 Å². The second-order valence-electron chi connectivity index (χ2n) is 6.93. The Morgan fingerprint density at radius 1 is 0.964 bits per heavy atom. The molecule has 1 unspecified atom stereocenters. The summed E-state index contributed by atoms with van der Waals surface area (Å²) in [6.07, 6.45) is 0. The maximum atomic E-state index is 13.1. The molecule has 2 aromatic rings. The highest BCUT2D eigenvalue weighted by Gasteiger charge is 2.25. The first-order valence-corrected chi connectivity index (χ1v) is 9.35. The number of hydrogen-bond acceptors (Lipinski definition) is 4. The zero-order valence-electron chi connectivity index (χ0n) is 16.1. The van der Waals surface area contributed by atoms with Crippen LogP contribution in [0.2, 0.25) is 0 Å². The van der Waals surface area contributed by atoms with Crippen molar-refractivity contribution in [3.63, 3.8) is 0 Å². The molecule has 2 N–H and O–H groups in total. The minimum atomic E-state index is -0.278. The fourth-order valence-electron chi connectivity index (χ4n) is 3.31. The summed E-state index contributed by atoms with van der Waals surface area (Å²) in [4.78, 5) is 28.1. The molecule has 1 aliphatic rings. The lowest BCUT2D eigenvalue weighted by molar-refractivity contribution is -0.120. The van der Waals surface area contributed by atoms with Gasteiger partial charge in [0.2, 0.25) is 11.8 Å². The number of rotatable bonds is 5. The van der Waals surface area contributed by atoms with Crippen LogP contribution in [-0.2, 0) is 9.59 Å². The van der Waals surface area contributed by atoms with Crippen molar-refractivity contribution in [3.05, 3.63) is 54.3 Å². The van der Waals surface area contributed by atoms with Crippen molar-refractivity contribution in [3.8, 4) is 0 Å². The van der Waals surface area contributed by atoms with Crippen molar-refractivity contribution >= 4 is 28.9 Å². The van der Waals surface area contributed by atoms with Crippen LogP contribution in [0.25, 0.3) is 0 Å². The highest BCUT2D eigenvalue weighted by molar-refractivity contribution is 5.96. The Kier molecular flexibility index (Phi) is 6.26. The second-order valence-corrected chi connectivity index (χ2v) is 6.93. The lowest BCUT2D eigenvalue weighted by atomic mass is 10.2. The average Bonchev–Trinajstić information content (AvgIpc) is 2.68. The quantitative estimate of drug-likeness (QED) is 0.832. The Morgan fingerprint density at radius 3 is 2.18 bits per heavy atom. The van der Waals surface area contributed by atoms with Crippen LogP contribution in [0.3, 0.4) is 0 Å². The fourth-order valence-corrected chi connectivity index (χ4v) is 3.31. The molecule has 0 bridgehead atoms. The van der Waals surface area contributed by atoms with E-state index in [4.69, 9.17) is 0 Å². The van der Waals surface area contributed by atoms with Gasteiger partial charge < -0.3 is 15.5 Å². The van der Waals surface area contributed by atoms with Crippen LogP contribution in [0, 0.1) is 5.82 Å². The van der Waals surface area contributed by atoms with Gasteiger partial charge in [-0.3, -0.25) is 14.5 Å². The molecule has 7 heteroatoms. The maximum Gasteiger partial charge on any atom is 0.241 e. The summed E-state index contributed by atoms with van der Waals surface area (Å²) in [5.41, 5.74) is 2.28. The first-order chi connectivity index (χ1) is 13.4. The molecule has 2 amide bonds. The van der Waals surface area contributed by atoms with Crippen LogP contribution in [0.4, 0.5) is 21.5 Å². The van der Waals surface area contributed by atoms with E-state index in [0.29, 0.717) is 11.4 Å². The third-order valence-electron chi connectivity index (χ3n) is 4.88. The molecule has 0 spiro atoms. The first kappa shape index (κ1) is 19.8. The van der Waals surface area contributed by atoms with E-state index in [2.05, 4.69) is 20.4 Å². The van der Waals surface area contributed by atoms with Gasteiger partial charge in [-0.05, 0) is 49.4 Å². The molecule has 2 aromatic carbocycles. The monoisotopic (exact) mass is 384 g/mol. The van der Waals surface area contributed by atoms with Crippen molar-refractivity contribution in [1.82, 2.24) is 4.90 Å². The highest BCUT2D eigenvalue weighted by atomic mass is 19.1. The third-order valence-corrected chi connectivity index (χ3v) is 4.88. The summed E-state index contributed by atoms with van der Waals surface area (Å²) in [7, 11) is 0. The summed E-state index contributed by atoms with van der Waals surface area (Å²) in [5.74, 6) is -0.485. The van der Waals surface area contributed by atoms with Crippen LogP contribution >= 0.6 is 0 Å². The SMILES string of the molecule is CC(=O)Nc1cccc(NC(=O)C(C)N2CCN(c3ccc(F)cc3)CC2)c1. The van der Waals surface area contributed by atoms with E-state index >= 15 is 0 Å².